The number of hydrogen-bond acceptors (Lipinski definition) is 3. The lowest BCUT2D eigenvalue weighted by Gasteiger charge is -2.10. The lowest BCUT2D eigenvalue weighted by Crippen LogP contribution is -2.23. The van der Waals surface area contributed by atoms with Crippen LogP contribution in [-0.4, -0.2) is 16.7 Å². The molecule has 0 aliphatic heterocycles. The molecule has 4 nitrogen and oxygen atoms in total. The van der Waals surface area contributed by atoms with Gasteiger partial charge in [-0.1, -0.05) is 51.8 Å². The standard InChI is InChI=1S/C18H14BrClN2O2/c1-24-15-7-5-12(6-8-15)10-22-11-16(20)21-17(18(22)23)13-3-2-4-14(19)9-13/h2-9,11H,10H2,1H3. The molecule has 122 valence electrons. The first kappa shape index (κ1) is 16.7. The summed E-state index contributed by atoms with van der Waals surface area (Å²) < 4.78 is 7.59. The number of nitrogens with zero attached hydrogens (tertiary/aromatic N) is 2. The third-order valence-corrected chi connectivity index (χ3v) is 4.23. The van der Waals surface area contributed by atoms with E-state index in [1.54, 1.807) is 17.9 Å². The SMILES string of the molecule is COc1ccc(Cn2cc(Cl)nc(-c3cccc(Br)c3)c2=O)cc1. The highest BCUT2D eigenvalue weighted by Crippen LogP contribution is 2.20. The molecule has 0 unspecified atom stereocenters. The van der Waals surface area contributed by atoms with E-state index in [9.17, 15) is 4.79 Å². The van der Waals surface area contributed by atoms with Crippen LogP contribution in [0.4, 0.5) is 0 Å². The lowest BCUT2D eigenvalue weighted by molar-refractivity contribution is 0.414. The lowest BCUT2D eigenvalue weighted by atomic mass is 10.1. The minimum Gasteiger partial charge on any atom is -0.497 e. The molecule has 0 saturated heterocycles. The predicted octanol–water partition coefficient (Wildman–Crippen LogP) is 4.38. The maximum absolute atomic E-state index is 12.8. The number of hydrogen-bond donors (Lipinski definition) is 0. The largest absolute Gasteiger partial charge is 0.497 e. The summed E-state index contributed by atoms with van der Waals surface area (Å²) in [5, 5.41) is 0.276. The molecule has 0 bridgehead atoms. The molecule has 24 heavy (non-hydrogen) atoms. The molecule has 6 heteroatoms. The molecule has 0 fully saturated rings. The summed E-state index contributed by atoms with van der Waals surface area (Å²) in [6.07, 6.45) is 1.55. The summed E-state index contributed by atoms with van der Waals surface area (Å²) in [4.78, 5) is 17.0. The molecular weight excluding hydrogens is 392 g/mol. The molecule has 0 spiro atoms. The van der Waals surface area contributed by atoms with Gasteiger partial charge in [-0.15, -0.1) is 0 Å². The summed E-state index contributed by atoms with van der Waals surface area (Å²) in [6.45, 7) is 0.409. The summed E-state index contributed by atoms with van der Waals surface area (Å²) >= 11 is 9.53. The summed E-state index contributed by atoms with van der Waals surface area (Å²) in [5.41, 5.74) is 1.84. The number of ether oxygens (including phenoxy) is 1. The first-order valence-electron chi connectivity index (χ1n) is 7.22. The maximum Gasteiger partial charge on any atom is 0.277 e. The zero-order valence-corrected chi connectivity index (χ0v) is 15.2. The van der Waals surface area contributed by atoms with Crippen LogP contribution in [0.2, 0.25) is 5.15 Å². The Morgan fingerprint density at radius 2 is 1.96 bits per heavy atom. The van der Waals surface area contributed by atoms with Gasteiger partial charge in [0.2, 0.25) is 0 Å². The monoisotopic (exact) mass is 404 g/mol. The molecule has 0 saturated carbocycles. The first-order chi connectivity index (χ1) is 11.6. The van der Waals surface area contributed by atoms with E-state index in [1.807, 2.05) is 48.5 Å². The average Bonchev–Trinajstić information content (AvgIpc) is 2.58. The predicted molar refractivity (Wildman–Crippen MR) is 98.7 cm³/mol. The Bertz CT molecular complexity index is 923. The van der Waals surface area contributed by atoms with Gasteiger partial charge in [-0.3, -0.25) is 4.79 Å². The maximum atomic E-state index is 12.8. The van der Waals surface area contributed by atoms with Gasteiger partial charge in [-0.05, 0) is 29.8 Å². The Labute approximate surface area is 152 Å². The fourth-order valence-corrected chi connectivity index (χ4v) is 2.98. The van der Waals surface area contributed by atoms with Crippen LogP contribution in [0, 0.1) is 0 Å². The van der Waals surface area contributed by atoms with Crippen molar-refractivity contribution in [3.63, 3.8) is 0 Å². The zero-order valence-electron chi connectivity index (χ0n) is 12.9. The van der Waals surface area contributed by atoms with Crippen molar-refractivity contribution in [2.24, 2.45) is 0 Å². The van der Waals surface area contributed by atoms with E-state index in [-0.39, 0.29) is 10.7 Å². The topological polar surface area (TPSA) is 44.1 Å². The van der Waals surface area contributed by atoms with Crippen LogP contribution in [-0.2, 0) is 6.54 Å². The second kappa shape index (κ2) is 7.20. The number of benzene rings is 2. The van der Waals surface area contributed by atoms with Gasteiger partial charge >= 0.3 is 0 Å². The van der Waals surface area contributed by atoms with Crippen molar-refractivity contribution in [2.75, 3.05) is 7.11 Å². The molecule has 2 aromatic carbocycles. The molecule has 3 aromatic rings. The van der Waals surface area contributed by atoms with Crippen molar-refractivity contribution in [3.8, 4) is 17.0 Å². The zero-order chi connectivity index (χ0) is 17.1. The fourth-order valence-electron chi connectivity index (χ4n) is 2.38. The molecule has 1 aromatic heterocycles. The van der Waals surface area contributed by atoms with Crippen molar-refractivity contribution in [1.29, 1.82) is 0 Å². The van der Waals surface area contributed by atoms with E-state index in [0.29, 0.717) is 12.2 Å². The van der Waals surface area contributed by atoms with Crippen LogP contribution < -0.4 is 10.3 Å². The van der Waals surface area contributed by atoms with Gasteiger partial charge in [-0.25, -0.2) is 4.98 Å². The van der Waals surface area contributed by atoms with Gasteiger partial charge in [0, 0.05) is 16.2 Å². The van der Waals surface area contributed by atoms with Gasteiger partial charge < -0.3 is 9.30 Å². The Morgan fingerprint density at radius 1 is 1.21 bits per heavy atom. The highest BCUT2D eigenvalue weighted by Gasteiger charge is 2.11. The summed E-state index contributed by atoms with van der Waals surface area (Å²) in [7, 11) is 1.62. The molecule has 3 rings (SSSR count). The Hall–Kier alpha value is -2.11. The highest BCUT2D eigenvalue weighted by molar-refractivity contribution is 9.10. The van der Waals surface area contributed by atoms with Crippen LogP contribution in [0.3, 0.4) is 0 Å². The Morgan fingerprint density at radius 3 is 2.62 bits per heavy atom. The third kappa shape index (κ3) is 3.68. The molecular formula is C18H14BrClN2O2. The summed E-state index contributed by atoms with van der Waals surface area (Å²) in [6, 6.07) is 15.0. The average molecular weight is 406 g/mol. The van der Waals surface area contributed by atoms with Gasteiger partial charge in [0.1, 0.15) is 16.6 Å². The van der Waals surface area contributed by atoms with Gasteiger partial charge in [0.25, 0.3) is 5.56 Å². The highest BCUT2D eigenvalue weighted by atomic mass is 79.9. The number of methoxy groups -OCH3 is 1. The summed E-state index contributed by atoms with van der Waals surface area (Å²) in [5.74, 6) is 0.772. The van der Waals surface area contributed by atoms with Gasteiger partial charge in [0.15, 0.2) is 0 Å². The van der Waals surface area contributed by atoms with Crippen LogP contribution >= 0.6 is 27.5 Å². The van der Waals surface area contributed by atoms with Crippen molar-refractivity contribution in [2.45, 2.75) is 6.54 Å². The van der Waals surface area contributed by atoms with E-state index >= 15 is 0 Å². The van der Waals surface area contributed by atoms with Crippen LogP contribution in [0.1, 0.15) is 5.56 Å². The number of halogens is 2. The van der Waals surface area contributed by atoms with Crippen molar-refractivity contribution < 1.29 is 4.74 Å². The molecule has 0 atom stereocenters. The molecule has 0 aliphatic rings. The van der Waals surface area contributed by atoms with Crippen LogP contribution in [0.5, 0.6) is 5.75 Å². The fraction of sp³-hybridized carbons (Fsp3) is 0.111. The minimum absolute atomic E-state index is 0.187. The molecule has 0 amide bonds. The number of rotatable bonds is 4. The first-order valence-corrected chi connectivity index (χ1v) is 8.40. The smallest absolute Gasteiger partial charge is 0.277 e. The molecule has 0 N–H and O–H groups in total. The van der Waals surface area contributed by atoms with E-state index in [4.69, 9.17) is 16.3 Å². The second-order valence-corrected chi connectivity index (χ2v) is 6.51. The van der Waals surface area contributed by atoms with Crippen molar-refractivity contribution in [3.05, 3.63) is 80.3 Å². The number of aromatic nitrogens is 2. The second-order valence-electron chi connectivity index (χ2n) is 5.20. The van der Waals surface area contributed by atoms with E-state index in [0.717, 1.165) is 21.3 Å². The van der Waals surface area contributed by atoms with E-state index in [2.05, 4.69) is 20.9 Å². The van der Waals surface area contributed by atoms with Gasteiger partial charge in [0.05, 0.1) is 13.7 Å². The minimum atomic E-state index is -0.187. The van der Waals surface area contributed by atoms with Crippen molar-refractivity contribution in [1.82, 2.24) is 9.55 Å². The van der Waals surface area contributed by atoms with E-state index < -0.39 is 0 Å². The third-order valence-electron chi connectivity index (χ3n) is 3.55. The van der Waals surface area contributed by atoms with Crippen molar-refractivity contribution >= 4 is 27.5 Å². The van der Waals surface area contributed by atoms with E-state index in [1.165, 1.54) is 0 Å². The quantitative estimate of drug-likeness (QED) is 0.647. The molecule has 1 heterocycles. The van der Waals surface area contributed by atoms with Crippen LogP contribution in [0.15, 0.2) is 64.0 Å². The Kier molecular flexibility index (Phi) is 5.02. The Balaban J connectivity index is 2.01. The normalized spacial score (nSPS) is 10.6. The van der Waals surface area contributed by atoms with Gasteiger partial charge in [-0.2, -0.15) is 0 Å². The molecule has 0 radical (unpaired) electrons. The molecule has 0 aliphatic carbocycles. The van der Waals surface area contributed by atoms with Crippen LogP contribution in [0.25, 0.3) is 11.3 Å².